The highest BCUT2D eigenvalue weighted by molar-refractivity contribution is 8.16. The predicted octanol–water partition coefficient (Wildman–Crippen LogP) is 1.69. The van der Waals surface area contributed by atoms with E-state index in [0.717, 1.165) is 36.8 Å². The first-order valence-corrected chi connectivity index (χ1v) is 10.4. The maximum absolute atomic E-state index is 12.8. The van der Waals surface area contributed by atoms with E-state index in [1.807, 2.05) is 10.3 Å². The molecule has 1 fully saturated rings. The molecule has 4 rings (SSSR count). The zero-order valence-corrected chi connectivity index (χ0v) is 16.8. The molecule has 0 radical (unpaired) electrons. The van der Waals surface area contributed by atoms with Gasteiger partial charge in [-0.3, -0.25) is 19.4 Å². The van der Waals surface area contributed by atoms with Crippen molar-refractivity contribution in [1.82, 2.24) is 14.7 Å². The number of carbonyl (C=O) groups is 3. The van der Waals surface area contributed by atoms with Crippen LogP contribution < -0.4 is 0 Å². The number of carboxylic acid groups (broad SMARTS) is 1. The van der Waals surface area contributed by atoms with Crippen molar-refractivity contribution in [2.45, 2.75) is 19.3 Å². The first-order chi connectivity index (χ1) is 14.1. The van der Waals surface area contributed by atoms with Gasteiger partial charge in [0.2, 0.25) is 5.91 Å². The Morgan fingerprint density at radius 2 is 1.93 bits per heavy atom. The van der Waals surface area contributed by atoms with Gasteiger partial charge < -0.3 is 24.2 Å². The third-order valence-corrected chi connectivity index (χ3v) is 5.82. The number of hydrogen-bond donors (Lipinski definition) is 1. The molecular formula is C19H24N4O5S. The minimum absolute atomic E-state index is 0.103. The summed E-state index contributed by atoms with van der Waals surface area (Å²) >= 11 is 1.61. The summed E-state index contributed by atoms with van der Waals surface area (Å²) in [7, 11) is 0. The Hall–Kier alpha value is -2.75. The van der Waals surface area contributed by atoms with Gasteiger partial charge in [-0.25, -0.2) is 0 Å². The Labute approximate surface area is 173 Å². The number of aliphatic imine (C=N–C) groups is 1. The van der Waals surface area contributed by atoms with Crippen LogP contribution in [0.5, 0.6) is 0 Å². The number of carbonyl (C=O) groups excluding carboxylic acids is 2. The van der Waals surface area contributed by atoms with Crippen LogP contribution in [0.3, 0.4) is 0 Å². The summed E-state index contributed by atoms with van der Waals surface area (Å²) in [5, 5.41) is 9.96. The molecule has 10 heteroatoms. The van der Waals surface area contributed by atoms with Crippen LogP contribution in [0, 0.1) is 0 Å². The molecule has 4 heterocycles. The van der Waals surface area contributed by atoms with Gasteiger partial charge >= 0.3 is 0 Å². The quantitative estimate of drug-likeness (QED) is 0.742. The van der Waals surface area contributed by atoms with Crippen molar-refractivity contribution in [2.24, 2.45) is 4.99 Å². The predicted molar refractivity (Wildman–Crippen MR) is 108 cm³/mol. The number of amides is 2. The highest BCUT2D eigenvalue weighted by atomic mass is 32.2. The first-order valence-electron chi connectivity index (χ1n) is 9.50. The summed E-state index contributed by atoms with van der Waals surface area (Å²) in [4.78, 5) is 43.9. The van der Waals surface area contributed by atoms with E-state index in [1.54, 1.807) is 28.8 Å². The molecule has 2 amide bonds. The molecule has 0 aliphatic carbocycles. The largest absolute Gasteiger partial charge is 0.483 e. The average Bonchev–Trinajstić information content (AvgIpc) is 3.33. The van der Waals surface area contributed by atoms with E-state index in [2.05, 4.69) is 9.89 Å². The molecule has 0 unspecified atom stereocenters. The Balaban J connectivity index is 0.000000755. The van der Waals surface area contributed by atoms with E-state index in [9.17, 15) is 9.59 Å². The molecule has 3 aliphatic heterocycles. The summed E-state index contributed by atoms with van der Waals surface area (Å²) in [5.41, 5.74) is 1.05. The van der Waals surface area contributed by atoms with E-state index >= 15 is 0 Å². The van der Waals surface area contributed by atoms with Crippen molar-refractivity contribution in [2.75, 3.05) is 39.3 Å². The lowest BCUT2D eigenvalue weighted by Crippen LogP contribution is -2.38. The van der Waals surface area contributed by atoms with E-state index in [1.165, 1.54) is 6.26 Å². The van der Waals surface area contributed by atoms with Crippen LogP contribution in [-0.2, 0) is 9.59 Å². The van der Waals surface area contributed by atoms with Crippen molar-refractivity contribution in [3.63, 3.8) is 0 Å². The smallest absolute Gasteiger partial charge is 0.290 e. The molecule has 1 aromatic rings. The van der Waals surface area contributed by atoms with Gasteiger partial charge in [-0.2, -0.15) is 0 Å². The number of furan rings is 1. The number of hydrogen-bond acceptors (Lipinski definition) is 7. The molecule has 29 heavy (non-hydrogen) atoms. The minimum atomic E-state index is -0.250. The first kappa shape index (κ1) is 21.0. The molecule has 0 atom stereocenters. The number of rotatable bonds is 3. The number of nitrogens with zero attached hydrogens (tertiary/aromatic N) is 4. The SMILES string of the molecule is O=C(CC1=CSC2=NCCCN12)N1CCCN(C(=O)c2ccco2)CC1.O=CO. The number of fused-ring (bicyclic) bond motifs is 1. The second-order valence-electron chi connectivity index (χ2n) is 6.68. The maximum atomic E-state index is 12.8. The van der Waals surface area contributed by atoms with Gasteiger partial charge in [-0.15, -0.1) is 0 Å². The molecule has 1 N–H and O–H groups in total. The van der Waals surface area contributed by atoms with Gasteiger partial charge in [0.15, 0.2) is 10.9 Å². The fraction of sp³-hybridized carbons (Fsp3) is 0.474. The zero-order valence-electron chi connectivity index (χ0n) is 16.0. The standard InChI is InChI=1S/C18H22N4O3S.CH2O2/c23-16(12-14-13-26-18-19-5-2-8-22(14)18)20-6-3-7-21(10-9-20)17(24)15-4-1-11-25-15;2-1-3/h1,4,11,13H,2-3,5-10,12H2;1H,(H,2,3). The van der Waals surface area contributed by atoms with Crippen LogP contribution in [0.1, 0.15) is 29.8 Å². The number of thioether (sulfide) groups is 1. The fourth-order valence-corrected chi connectivity index (χ4v) is 4.42. The Bertz CT molecular complexity index is 793. The van der Waals surface area contributed by atoms with Crippen LogP contribution in [0.25, 0.3) is 0 Å². The summed E-state index contributed by atoms with van der Waals surface area (Å²) in [6.45, 7) is 3.99. The van der Waals surface area contributed by atoms with Crippen molar-refractivity contribution in [3.8, 4) is 0 Å². The van der Waals surface area contributed by atoms with Crippen LogP contribution in [-0.4, -0.2) is 82.5 Å². The second kappa shape index (κ2) is 10.1. The lowest BCUT2D eigenvalue weighted by molar-refractivity contribution is -0.130. The number of amidine groups is 1. The Kier molecular flexibility index (Phi) is 7.34. The molecule has 1 saturated heterocycles. The van der Waals surface area contributed by atoms with Gasteiger partial charge in [-0.05, 0) is 30.4 Å². The molecule has 0 spiro atoms. The Morgan fingerprint density at radius 1 is 1.17 bits per heavy atom. The summed E-state index contributed by atoms with van der Waals surface area (Å²) < 4.78 is 5.20. The zero-order chi connectivity index (χ0) is 20.6. The highest BCUT2D eigenvalue weighted by Gasteiger charge is 2.29. The molecule has 0 bridgehead atoms. The Morgan fingerprint density at radius 3 is 2.69 bits per heavy atom. The summed E-state index contributed by atoms with van der Waals surface area (Å²) in [5.74, 6) is 0.374. The lowest BCUT2D eigenvalue weighted by atomic mass is 10.2. The van der Waals surface area contributed by atoms with Gasteiger partial charge in [0.1, 0.15) is 0 Å². The summed E-state index contributed by atoms with van der Waals surface area (Å²) in [6.07, 6.45) is 3.72. The molecule has 3 aliphatic rings. The van der Waals surface area contributed by atoms with Gasteiger partial charge in [0.25, 0.3) is 12.4 Å². The van der Waals surface area contributed by atoms with Crippen molar-refractivity contribution < 1.29 is 23.9 Å². The molecule has 1 aromatic heterocycles. The molecule has 156 valence electrons. The lowest BCUT2D eigenvalue weighted by Gasteiger charge is -2.27. The van der Waals surface area contributed by atoms with E-state index in [0.29, 0.717) is 38.4 Å². The van der Waals surface area contributed by atoms with Crippen LogP contribution in [0.15, 0.2) is 38.9 Å². The van der Waals surface area contributed by atoms with Gasteiger partial charge in [0, 0.05) is 45.0 Å². The van der Waals surface area contributed by atoms with Gasteiger partial charge in [0.05, 0.1) is 12.7 Å². The van der Waals surface area contributed by atoms with Crippen LogP contribution in [0.4, 0.5) is 0 Å². The average molecular weight is 420 g/mol. The van der Waals surface area contributed by atoms with Crippen molar-refractivity contribution in [1.29, 1.82) is 0 Å². The van der Waals surface area contributed by atoms with E-state index in [4.69, 9.17) is 14.3 Å². The topological polar surface area (TPSA) is 107 Å². The van der Waals surface area contributed by atoms with Crippen LogP contribution in [0.2, 0.25) is 0 Å². The summed E-state index contributed by atoms with van der Waals surface area (Å²) in [6, 6.07) is 3.39. The fourth-order valence-electron chi connectivity index (χ4n) is 3.47. The van der Waals surface area contributed by atoms with Crippen molar-refractivity contribution >= 4 is 35.2 Å². The third kappa shape index (κ3) is 5.20. The monoisotopic (exact) mass is 420 g/mol. The highest BCUT2D eigenvalue weighted by Crippen LogP contribution is 2.31. The van der Waals surface area contributed by atoms with E-state index in [-0.39, 0.29) is 18.3 Å². The molecule has 0 saturated carbocycles. The second-order valence-corrected chi connectivity index (χ2v) is 7.52. The van der Waals surface area contributed by atoms with E-state index < -0.39 is 0 Å². The van der Waals surface area contributed by atoms with Gasteiger partial charge in [-0.1, -0.05) is 11.8 Å². The van der Waals surface area contributed by atoms with Crippen LogP contribution >= 0.6 is 11.8 Å². The maximum Gasteiger partial charge on any atom is 0.290 e. The van der Waals surface area contributed by atoms with Crippen molar-refractivity contribution in [3.05, 3.63) is 35.3 Å². The molecular weight excluding hydrogens is 396 g/mol. The molecule has 0 aromatic carbocycles. The molecule has 9 nitrogen and oxygen atoms in total. The third-order valence-electron chi connectivity index (χ3n) is 4.86. The normalized spacial score (nSPS) is 18.7. The minimum Gasteiger partial charge on any atom is -0.483 e.